The fraction of sp³-hybridized carbons (Fsp3) is 0.600. The summed E-state index contributed by atoms with van der Waals surface area (Å²) in [4.78, 5) is 31.4. The van der Waals surface area contributed by atoms with Gasteiger partial charge in [-0.15, -0.1) is 0 Å². The lowest BCUT2D eigenvalue weighted by Gasteiger charge is -2.19. The molecule has 0 radical (unpaired) electrons. The van der Waals surface area contributed by atoms with E-state index in [0.717, 1.165) is 0 Å². The topological polar surface area (TPSA) is 149 Å². The molecule has 1 saturated heterocycles. The highest BCUT2D eigenvalue weighted by Crippen LogP contribution is 2.33. The summed E-state index contributed by atoms with van der Waals surface area (Å²) in [5.41, 5.74) is -0.483. The second-order valence-electron chi connectivity index (χ2n) is 6.85. The van der Waals surface area contributed by atoms with Crippen molar-refractivity contribution < 1.29 is 47.9 Å². The van der Waals surface area contributed by atoms with Gasteiger partial charge in [0, 0.05) is 6.07 Å². The highest BCUT2D eigenvalue weighted by molar-refractivity contribution is 7.44. The molecule has 0 amide bonds. The Balaban J connectivity index is 2.14. The number of hydrogen-bond donors (Lipinski definition) is 3. The highest BCUT2D eigenvalue weighted by atomic mass is 31.2. The number of phosphoric acid groups is 1. The zero-order valence-corrected chi connectivity index (χ0v) is 15.4. The Morgan fingerprint density at radius 1 is 1.38 bits per heavy atom. The molecule has 1 aromatic heterocycles. The number of phosphoric ester groups is 1. The standard InChI is InChI=1S/C15H22NO9P/c1-15(2,3)25-14(19)9-5-4-6-16(7-9)13-12(18)11(17)10(24-13)8-23-26(20,21)22/h4-7,10-13,17-18H,8H2,1-3H3,(H-,20,21,22)/t10-,11-,12-,13-/m1/s1. The van der Waals surface area contributed by atoms with E-state index in [4.69, 9.17) is 14.4 Å². The zero-order chi connectivity index (χ0) is 19.7. The number of aliphatic hydroxyl groups is 2. The summed E-state index contributed by atoms with van der Waals surface area (Å²) >= 11 is 0. The molecule has 11 heteroatoms. The molecule has 10 nitrogen and oxygen atoms in total. The predicted octanol–water partition coefficient (Wildman–Crippen LogP) is -0.974. The molecule has 0 aromatic carbocycles. The van der Waals surface area contributed by atoms with Gasteiger partial charge in [0.2, 0.25) is 0 Å². The second kappa shape index (κ2) is 7.69. The smallest absolute Gasteiger partial charge is 0.344 e. The van der Waals surface area contributed by atoms with Crippen molar-refractivity contribution in [2.24, 2.45) is 0 Å². The van der Waals surface area contributed by atoms with E-state index >= 15 is 0 Å². The first-order chi connectivity index (χ1) is 11.9. The van der Waals surface area contributed by atoms with Crippen LogP contribution in [0.1, 0.15) is 37.4 Å². The molecular weight excluding hydrogens is 369 g/mol. The lowest BCUT2D eigenvalue weighted by atomic mass is 10.1. The Kier molecular flexibility index (Phi) is 6.19. The van der Waals surface area contributed by atoms with Crippen LogP contribution in [0.2, 0.25) is 0 Å². The van der Waals surface area contributed by atoms with Gasteiger partial charge in [0.15, 0.2) is 18.5 Å². The van der Waals surface area contributed by atoms with Crippen LogP contribution in [0.15, 0.2) is 24.5 Å². The third-order valence-corrected chi connectivity index (χ3v) is 3.97. The van der Waals surface area contributed by atoms with Crippen molar-refractivity contribution in [3.05, 3.63) is 30.1 Å². The number of aromatic nitrogens is 1. The summed E-state index contributed by atoms with van der Waals surface area (Å²) in [5, 5.41) is 20.1. The van der Waals surface area contributed by atoms with Crippen molar-refractivity contribution in [3.63, 3.8) is 0 Å². The van der Waals surface area contributed by atoms with Crippen LogP contribution in [0, 0.1) is 0 Å². The van der Waals surface area contributed by atoms with Gasteiger partial charge in [-0.05, 0) is 26.8 Å². The van der Waals surface area contributed by atoms with Crippen LogP contribution in [0.25, 0.3) is 0 Å². The van der Waals surface area contributed by atoms with E-state index in [-0.39, 0.29) is 5.56 Å². The number of esters is 1. The third kappa shape index (κ3) is 5.55. The van der Waals surface area contributed by atoms with E-state index in [9.17, 15) is 24.5 Å². The fourth-order valence-electron chi connectivity index (χ4n) is 2.39. The third-order valence-electron chi connectivity index (χ3n) is 3.49. The molecular formula is C15H22NO9P. The van der Waals surface area contributed by atoms with Crippen LogP contribution in [-0.2, 0) is 18.6 Å². The monoisotopic (exact) mass is 391 g/mol. The first kappa shape index (κ1) is 20.9. The summed E-state index contributed by atoms with van der Waals surface area (Å²) in [7, 11) is -4.99. The first-order valence-electron chi connectivity index (χ1n) is 7.81. The Labute approximate surface area is 150 Å². The van der Waals surface area contributed by atoms with Gasteiger partial charge in [0.1, 0.15) is 23.4 Å². The Bertz CT molecular complexity index is 699. The summed E-state index contributed by atoms with van der Waals surface area (Å²) in [5.74, 6) is -0.577. The predicted molar refractivity (Wildman–Crippen MR) is 83.5 cm³/mol. The van der Waals surface area contributed by atoms with Gasteiger partial charge < -0.3 is 34.0 Å². The minimum atomic E-state index is -4.99. The van der Waals surface area contributed by atoms with Crippen LogP contribution in [0.5, 0.6) is 0 Å². The van der Waals surface area contributed by atoms with Crippen molar-refractivity contribution >= 4 is 13.8 Å². The van der Waals surface area contributed by atoms with Gasteiger partial charge in [0.05, 0.1) is 6.61 Å². The molecule has 0 bridgehead atoms. The van der Waals surface area contributed by atoms with Crippen LogP contribution in [-0.4, -0.2) is 51.6 Å². The highest BCUT2D eigenvalue weighted by Gasteiger charge is 2.48. The van der Waals surface area contributed by atoms with E-state index in [1.54, 1.807) is 20.8 Å². The maximum absolute atomic E-state index is 12.1. The molecule has 1 aliphatic rings. The fourth-order valence-corrected chi connectivity index (χ4v) is 2.72. The average Bonchev–Trinajstić information content (AvgIpc) is 2.79. The van der Waals surface area contributed by atoms with Gasteiger partial charge in [0.25, 0.3) is 14.1 Å². The normalized spacial score (nSPS) is 28.6. The number of nitrogens with zero attached hydrogens (tertiary/aromatic N) is 1. The van der Waals surface area contributed by atoms with Crippen LogP contribution in [0.3, 0.4) is 0 Å². The number of aliphatic hydroxyl groups excluding tert-OH is 2. The summed E-state index contributed by atoms with van der Waals surface area (Å²) in [6.07, 6.45) is -2.27. The quantitative estimate of drug-likeness (QED) is 0.327. The molecule has 1 aromatic rings. The minimum Gasteiger partial charge on any atom is -0.756 e. The number of rotatable bonds is 5. The van der Waals surface area contributed by atoms with Gasteiger partial charge in [-0.2, -0.15) is 4.57 Å². The van der Waals surface area contributed by atoms with E-state index < -0.39 is 50.5 Å². The molecule has 1 unspecified atom stereocenters. The van der Waals surface area contributed by atoms with Gasteiger partial charge in [-0.3, -0.25) is 4.57 Å². The van der Waals surface area contributed by atoms with E-state index in [0.29, 0.717) is 0 Å². The number of ether oxygens (including phenoxy) is 2. The Morgan fingerprint density at radius 3 is 2.62 bits per heavy atom. The lowest BCUT2D eigenvalue weighted by Crippen LogP contribution is -2.46. The van der Waals surface area contributed by atoms with E-state index in [1.807, 2.05) is 0 Å². The van der Waals surface area contributed by atoms with E-state index in [2.05, 4.69) is 4.52 Å². The van der Waals surface area contributed by atoms with Crippen molar-refractivity contribution in [3.8, 4) is 0 Å². The molecule has 2 rings (SSSR count). The maximum Gasteiger partial charge on any atom is 0.344 e. The molecule has 26 heavy (non-hydrogen) atoms. The molecule has 0 aliphatic carbocycles. The molecule has 146 valence electrons. The maximum atomic E-state index is 12.1. The van der Waals surface area contributed by atoms with Crippen LogP contribution >= 0.6 is 7.82 Å². The minimum absolute atomic E-state index is 0.201. The summed E-state index contributed by atoms with van der Waals surface area (Å²) in [6, 6.07) is 3.05. The Hall–Kier alpha value is -1.39. The van der Waals surface area contributed by atoms with Crippen LogP contribution in [0.4, 0.5) is 0 Å². The lowest BCUT2D eigenvalue weighted by molar-refractivity contribution is -0.765. The Morgan fingerprint density at radius 2 is 2.04 bits per heavy atom. The molecule has 1 fully saturated rings. The van der Waals surface area contributed by atoms with E-state index in [1.165, 1.54) is 29.1 Å². The van der Waals surface area contributed by atoms with Gasteiger partial charge >= 0.3 is 5.97 Å². The van der Waals surface area contributed by atoms with Gasteiger partial charge in [-0.25, -0.2) is 4.79 Å². The zero-order valence-electron chi connectivity index (χ0n) is 14.5. The largest absolute Gasteiger partial charge is 0.756 e. The summed E-state index contributed by atoms with van der Waals surface area (Å²) in [6.45, 7) is 4.51. The van der Waals surface area contributed by atoms with Crippen molar-refractivity contribution in [1.29, 1.82) is 0 Å². The molecule has 0 saturated carbocycles. The molecule has 2 heterocycles. The summed E-state index contributed by atoms with van der Waals surface area (Å²) < 4.78 is 26.9. The number of carbonyl (C=O) groups excluding carboxylic acids is 1. The average molecular weight is 391 g/mol. The molecule has 5 atom stereocenters. The number of pyridine rings is 1. The number of hydrogen-bond acceptors (Lipinski definition) is 8. The van der Waals surface area contributed by atoms with Gasteiger partial charge in [-0.1, -0.05) is 0 Å². The SMILES string of the molecule is CC(C)(C)OC(=O)c1ccc[n+]([C@@H]2O[C@H](COP(=O)([O-])O)[C@@H](O)[C@H]2O)c1. The van der Waals surface area contributed by atoms with Crippen molar-refractivity contribution in [2.45, 2.75) is 50.9 Å². The second-order valence-corrected chi connectivity index (χ2v) is 8.05. The number of carbonyl (C=O) groups is 1. The first-order valence-corrected chi connectivity index (χ1v) is 9.31. The van der Waals surface area contributed by atoms with Crippen LogP contribution < -0.4 is 9.46 Å². The van der Waals surface area contributed by atoms with Crippen molar-refractivity contribution in [1.82, 2.24) is 0 Å². The van der Waals surface area contributed by atoms with Crippen molar-refractivity contribution in [2.75, 3.05) is 6.61 Å². The molecule has 3 N–H and O–H groups in total. The molecule has 0 spiro atoms. The molecule has 1 aliphatic heterocycles.